The molecule has 3 heterocycles. The van der Waals surface area contributed by atoms with Gasteiger partial charge in [-0.05, 0) is 62.8 Å². The predicted molar refractivity (Wildman–Crippen MR) is 132 cm³/mol. The van der Waals surface area contributed by atoms with E-state index in [1.54, 1.807) is 0 Å². The summed E-state index contributed by atoms with van der Waals surface area (Å²) in [5, 5.41) is 24.2. The maximum Gasteiger partial charge on any atom is 0.198 e. The molecule has 33 heavy (non-hydrogen) atoms. The Morgan fingerprint density at radius 3 is 2.30 bits per heavy atom. The lowest BCUT2D eigenvalue weighted by molar-refractivity contribution is -0.132. The molecule has 3 aliphatic rings. The van der Waals surface area contributed by atoms with Gasteiger partial charge >= 0.3 is 0 Å². The Labute approximate surface area is 196 Å². The fraction of sp³-hybridized carbons (Fsp3) is 0.481. The molecule has 2 aromatic rings. The van der Waals surface area contributed by atoms with Crippen LogP contribution in [0.3, 0.4) is 0 Å². The molecule has 174 valence electrons. The first-order chi connectivity index (χ1) is 15.7. The van der Waals surface area contributed by atoms with E-state index in [-0.39, 0.29) is 11.1 Å². The van der Waals surface area contributed by atoms with Gasteiger partial charge in [-0.2, -0.15) is 0 Å². The summed E-state index contributed by atoms with van der Waals surface area (Å²) < 4.78 is 5.58. The van der Waals surface area contributed by atoms with Gasteiger partial charge in [0.15, 0.2) is 11.6 Å². The highest BCUT2D eigenvalue weighted by Gasteiger charge is 2.49. The van der Waals surface area contributed by atoms with Crippen LogP contribution in [0.2, 0.25) is 0 Å². The number of benzene rings is 1. The number of ether oxygens (including phenoxy) is 1. The Hall–Kier alpha value is -2.54. The van der Waals surface area contributed by atoms with Crippen LogP contribution in [0, 0.1) is 0 Å². The summed E-state index contributed by atoms with van der Waals surface area (Å²) in [7, 11) is 3.65. The van der Waals surface area contributed by atoms with E-state index in [9.17, 15) is 5.11 Å². The van der Waals surface area contributed by atoms with Gasteiger partial charge in [0.05, 0.1) is 5.69 Å². The van der Waals surface area contributed by atoms with E-state index >= 15 is 0 Å². The van der Waals surface area contributed by atoms with E-state index in [0.29, 0.717) is 23.7 Å². The molecule has 0 saturated carbocycles. The van der Waals surface area contributed by atoms with E-state index in [4.69, 9.17) is 4.74 Å². The van der Waals surface area contributed by atoms with Gasteiger partial charge in [0.1, 0.15) is 0 Å². The van der Waals surface area contributed by atoms with Gasteiger partial charge in [0.25, 0.3) is 0 Å². The average molecular weight is 447 g/mol. The summed E-state index contributed by atoms with van der Waals surface area (Å²) in [4.78, 5) is 2.27. The third-order valence-corrected chi connectivity index (χ3v) is 7.82. The second-order valence-corrected chi connectivity index (χ2v) is 10.5. The lowest BCUT2D eigenvalue weighted by Gasteiger charge is -2.45. The number of nitrogens with zero attached hydrogens (tertiary/aromatic N) is 3. The van der Waals surface area contributed by atoms with Gasteiger partial charge in [-0.1, -0.05) is 42.5 Å². The summed E-state index contributed by atoms with van der Waals surface area (Å²) in [6.07, 6.45) is 8.94. The van der Waals surface area contributed by atoms with Gasteiger partial charge in [-0.3, -0.25) is 0 Å². The van der Waals surface area contributed by atoms with Crippen LogP contribution < -0.4 is 10.2 Å². The van der Waals surface area contributed by atoms with E-state index in [0.717, 1.165) is 29.8 Å². The highest BCUT2D eigenvalue weighted by Crippen LogP contribution is 2.44. The SMILES string of the molecule is COC1(O)CC(c2ccccc2)=CC=C1c1ccc(N(C)C2C[C@]3(C)CC[C@](C)(C2)N3)nn1. The van der Waals surface area contributed by atoms with E-state index in [1.165, 1.54) is 20.0 Å². The lowest BCUT2D eigenvalue weighted by atomic mass is 9.84. The van der Waals surface area contributed by atoms with Crippen molar-refractivity contribution >= 4 is 17.0 Å². The van der Waals surface area contributed by atoms with Crippen LogP contribution in [-0.2, 0) is 4.74 Å². The molecule has 6 heteroatoms. The van der Waals surface area contributed by atoms with Crippen molar-refractivity contribution in [3.8, 4) is 0 Å². The number of rotatable bonds is 5. The molecule has 6 nitrogen and oxygen atoms in total. The van der Waals surface area contributed by atoms with Crippen LogP contribution in [0.5, 0.6) is 0 Å². The molecule has 0 radical (unpaired) electrons. The minimum Gasteiger partial charge on any atom is -0.361 e. The first-order valence-electron chi connectivity index (χ1n) is 11.8. The molecular formula is C27H34N4O2. The molecule has 2 N–H and O–H groups in total. The van der Waals surface area contributed by atoms with Crippen LogP contribution in [-0.4, -0.2) is 52.4 Å². The van der Waals surface area contributed by atoms with Crippen molar-refractivity contribution < 1.29 is 9.84 Å². The number of piperidine rings is 1. The molecule has 2 bridgehead atoms. The van der Waals surface area contributed by atoms with Crippen molar-refractivity contribution in [3.05, 3.63) is 65.9 Å². The van der Waals surface area contributed by atoms with Crippen LogP contribution in [0.25, 0.3) is 11.1 Å². The number of aromatic nitrogens is 2. The van der Waals surface area contributed by atoms with Crippen LogP contribution in [0.15, 0.2) is 54.6 Å². The standard InChI is InChI=1S/C27H34N4O2/c1-25-14-15-26(2,30-25)18-21(17-25)31(3)24-13-12-23(28-29-24)22-11-10-20(16-27(22,32)33-4)19-8-6-5-7-9-19/h5-13,21,30,32H,14-18H2,1-4H3/t21?,25-,26+,27?. The Morgan fingerprint density at radius 2 is 1.70 bits per heavy atom. The highest BCUT2D eigenvalue weighted by atomic mass is 16.6. The molecule has 5 rings (SSSR count). The largest absolute Gasteiger partial charge is 0.361 e. The summed E-state index contributed by atoms with van der Waals surface area (Å²) in [6, 6.07) is 14.4. The molecule has 1 aliphatic carbocycles. The van der Waals surface area contributed by atoms with Gasteiger partial charge in [-0.15, -0.1) is 10.2 Å². The average Bonchev–Trinajstić information content (AvgIpc) is 3.05. The topological polar surface area (TPSA) is 70.5 Å². The number of hydrogen-bond donors (Lipinski definition) is 2. The molecule has 1 aromatic carbocycles. The summed E-state index contributed by atoms with van der Waals surface area (Å²) >= 11 is 0. The first-order valence-corrected chi connectivity index (χ1v) is 11.8. The molecule has 2 fully saturated rings. The van der Waals surface area contributed by atoms with Crippen LogP contribution >= 0.6 is 0 Å². The van der Waals surface area contributed by atoms with Gasteiger partial charge < -0.3 is 20.1 Å². The smallest absolute Gasteiger partial charge is 0.198 e. The molecule has 2 saturated heterocycles. The first kappa shape index (κ1) is 22.3. The van der Waals surface area contributed by atoms with E-state index < -0.39 is 5.79 Å². The number of fused-ring (bicyclic) bond motifs is 2. The zero-order valence-electron chi connectivity index (χ0n) is 20.0. The minimum absolute atomic E-state index is 0.198. The zero-order valence-corrected chi connectivity index (χ0v) is 20.0. The fourth-order valence-electron chi connectivity index (χ4n) is 5.99. The summed E-state index contributed by atoms with van der Waals surface area (Å²) in [6.45, 7) is 4.68. The number of aliphatic hydroxyl groups is 1. The molecule has 2 unspecified atom stereocenters. The molecule has 1 aromatic heterocycles. The van der Waals surface area contributed by atoms with Crippen molar-refractivity contribution in [1.29, 1.82) is 0 Å². The summed E-state index contributed by atoms with van der Waals surface area (Å²) in [5.41, 5.74) is 3.75. The monoisotopic (exact) mass is 446 g/mol. The van der Waals surface area contributed by atoms with Crippen molar-refractivity contribution in [3.63, 3.8) is 0 Å². The number of anilines is 1. The van der Waals surface area contributed by atoms with Gasteiger partial charge in [0.2, 0.25) is 0 Å². The lowest BCUT2D eigenvalue weighted by Crippen LogP contribution is -2.58. The highest BCUT2D eigenvalue weighted by molar-refractivity contribution is 5.81. The molecular weight excluding hydrogens is 412 g/mol. The van der Waals surface area contributed by atoms with Crippen LogP contribution in [0.4, 0.5) is 5.82 Å². The Bertz CT molecular complexity index is 1070. The number of nitrogens with one attached hydrogen (secondary N) is 1. The number of allylic oxidation sites excluding steroid dienone is 2. The van der Waals surface area contributed by atoms with Gasteiger partial charge in [-0.25, -0.2) is 0 Å². The van der Waals surface area contributed by atoms with Crippen molar-refractivity contribution in [1.82, 2.24) is 15.5 Å². The Morgan fingerprint density at radius 1 is 1.00 bits per heavy atom. The molecule has 0 amide bonds. The molecule has 0 spiro atoms. The maximum absolute atomic E-state index is 11.3. The molecule has 2 aliphatic heterocycles. The van der Waals surface area contributed by atoms with Crippen LogP contribution in [0.1, 0.15) is 57.2 Å². The number of methoxy groups -OCH3 is 1. The molecule has 4 atom stereocenters. The van der Waals surface area contributed by atoms with Crippen molar-refractivity contribution in [2.75, 3.05) is 19.1 Å². The third kappa shape index (κ3) is 4.12. The fourth-order valence-corrected chi connectivity index (χ4v) is 5.99. The second-order valence-electron chi connectivity index (χ2n) is 10.5. The normalized spacial score (nSPS) is 33.4. The summed E-state index contributed by atoms with van der Waals surface area (Å²) in [5.74, 6) is -0.588. The van der Waals surface area contributed by atoms with Gasteiger partial charge in [0, 0.05) is 43.3 Å². The zero-order chi connectivity index (χ0) is 23.3. The van der Waals surface area contributed by atoms with E-state index in [2.05, 4.69) is 41.3 Å². The Balaban J connectivity index is 1.38. The second kappa shape index (κ2) is 8.05. The third-order valence-electron chi connectivity index (χ3n) is 7.82. The number of hydrogen-bond acceptors (Lipinski definition) is 6. The maximum atomic E-state index is 11.3. The van der Waals surface area contributed by atoms with Crippen molar-refractivity contribution in [2.24, 2.45) is 0 Å². The quantitative estimate of drug-likeness (QED) is 0.672. The Kier molecular flexibility index (Phi) is 5.43. The van der Waals surface area contributed by atoms with Crippen molar-refractivity contribution in [2.45, 2.75) is 68.9 Å². The van der Waals surface area contributed by atoms with E-state index in [1.807, 2.05) is 54.6 Å². The predicted octanol–water partition coefficient (Wildman–Crippen LogP) is 4.18. The minimum atomic E-state index is -1.44.